The van der Waals surface area contributed by atoms with E-state index in [1.165, 1.54) is 6.42 Å². The van der Waals surface area contributed by atoms with Crippen LogP contribution < -0.4 is 10.5 Å². The van der Waals surface area contributed by atoms with E-state index in [-0.39, 0.29) is 5.91 Å². The fraction of sp³-hybridized carbons (Fsp3) is 0.500. The van der Waals surface area contributed by atoms with Crippen LogP contribution >= 0.6 is 0 Å². The Morgan fingerprint density at radius 2 is 2.17 bits per heavy atom. The molecular weight excluding hydrogens is 228 g/mol. The van der Waals surface area contributed by atoms with Crippen LogP contribution in [0.15, 0.2) is 24.3 Å². The lowest BCUT2D eigenvalue weighted by atomic mass is 9.92. The molecule has 4 heteroatoms. The van der Waals surface area contributed by atoms with Crippen LogP contribution in [0.1, 0.15) is 25.7 Å². The molecule has 2 rings (SSSR count). The van der Waals surface area contributed by atoms with Crippen LogP contribution in [0.2, 0.25) is 0 Å². The number of amides is 1. The van der Waals surface area contributed by atoms with Crippen molar-refractivity contribution in [1.82, 2.24) is 4.90 Å². The monoisotopic (exact) mass is 248 g/mol. The van der Waals surface area contributed by atoms with Crippen LogP contribution in [0.5, 0.6) is 5.75 Å². The van der Waals surface area contributed by atoms with Crippen LogP contribution in [-0.2, 0) is 4.79 Å². The number of anilines is 1. The highest BCUT2D eigenvalue weighted by Gasteiger charge is 2.25. The Morgan fingerprint density at radius 3 is 2.78 bits per heavy atom. The van der Waals surface area contributed by atoms with Gasteiger partial charge in [0.25, 0.3) is 0 Å². The average molecular weight is 248 g/mol. The highest BCUT2D eigenvalue weighted by atomic mass is 16.5. The van der Waals surface area contributed by atoms with E-state index in [4.69, 9.17) is 10.5 Å². The number of nitrogen functional groups attached to an aromatic ring is 1. The summed E-state index contributed by atoms with van der Waals surface area (Å²) in [5, 5.41) is 0. The van der Waals surface area contributed by atoms with Crippen molar-refractivity contribution in [2.24, 2.45) is 0 Å². The van der Waals surface area contributed by atoms with Crippen molar-refractivity contribution in [3.8, 4) is 5.75 Å². The molecule has 0 saturated heterocycles. The van der Waals surface area contributed by atoms with E-state index in [9.17, 15) is 4.79 Å². The molecule has 1 aromatic rings. The summed E-state index contributed by atoms with van der Waals surface area (Å²) in [5.41, 5.74) is 6.36. The van der Waals surface area contributed by atoms with Crippen LogP contribution in [0, 0.1) is 0 Å². The minimum Gasteiger partial charge on any atom is -0.491 e. The molecule has 0 bridgehead atoms. The fourth-order valence-electron chi connectivity index (χ4n) is 2.01. The lowest BCUT2D eigenvalue weighted by Crippen LogP contribution is -2.41. The number of nitrogens with zero attached hydrogens (tertiary/aromatic N) is 1. The number of benzene rings is 1. The SMILES string of the molecule is CN(C(=O)CCOc1ccccc1N)C1CCC1. The van der Waals surface area contributed by atoms with E-state index in [0.29, 0.717) is 30.5 Å². The standard InChI is InChI=1S/C14H20N2O2/c1-16(11-5-4-6-11)14(17)9-10-18-13-8-3-2-7-12(13)15/h2-3,7-8,11H,4-6,9-10,15H2,1H3. The first kappa shape index (κ1) is 12.7. The van der Waals surface area contributed by atoms with Crippen LogP contribution in [0.4, 0.5) is 5.69 Å². The Morgan fingerprint density at radius 1 is 1.44 bits per heavy atom. The van der Waals surface area contributed by atoms with Gasteiger partial charge in [-0.15, -0.1) is 0 Å². The molecular formula is C14H20N2O2. The second-order valence-electron chi connectivity index (χ2n) is 4.73. The van der Waals surface area contributed by atoms with Gasteiger partial charge in [-0.1, -0.05) is 12.1 Å². The van der Waals surface area contributed by atoms with Gasteiger partial charge in [-0.2, -0.15) is 0 Å². The zero-order chi connectivity index (χ0) is 13.0. The van der Waals surface area contributed by atoms with Crippen molar-refractivity contribution in [1.29, 1.82) is 0 Å². The summed E-state index contributed by atoms with van der Waals surface area (Å²) in [4.78, 5) is 13.7. The van der Waals surface area contributed by atoms with E-state index < -0.39 is 0 Å². The molecule has 2 N–H and O–H groups in total. The van der Waals surface area contributed by atoms with Gasteiger partial charge in [-0.3, -0.25) is 4.79 Å². The zero-order valence-electron chi connectivity index (χ0n) is 10.8. The molecule has 0 spiro atoms. The highest BCUT2D eigenvalue weighted by molar-refractivity contribution is 5.76. The third-order valence-electron chi connectivity index (χ3n) is 3.51. The summed E-state index contributed by atoms with van der Waals surface area (Å²) < 4.78 is 5.52. The van der Waals surface area contributed by atoms with E-state index in [1.54, 1.807) is 6.07 Å². The van der Waals surface area contributed by atoms with Crippen molar-refractivity contribution >= 4 is 11.6 Å². The van der Waals surface area contributed by atoms with E-state index in [2.05, 4.69) is 0 Å². The van der Waals surface area contributed by atoms with Gasteiger partial charge in [0.1, 0.15) is 5.75 Å². The highest BCUT2D eigenvalue weighted by Crippen LogP contribution is 2.24. The molecule has 0 aliphatic heterocycles. The van der Waals surface area contributed by atoms with Crippen molar-refractivity contribution < 1.29 is 9.53 Å². The number of rotatable bonds is 5. The van der Waals surface area contributed by atoms with Crippen molar-refractivity contribution in [2.45, 2.75) is 31.7 Å². The number of hydrogen-bond acceptors (Lipinski definition) is 3. The first-order valence-electron chi connectivity index (χ1n) is 6.41. The van der Waals surface area contributed by atoms with Crippen molar-refractivity contribution in [3.05, 3.63) is 24.3 Å². The fourth-order valence-corrected chi connectivity index (χ4v) is 2.01. The molecule has 1 aliphatic rings. The molecule has 0 atom stereocenters. The van der Waals surface area contributed by atoms with E-state index in [1.807, 2.05) is 30.1 Å². The maximum absolute atomic E-state index is 11.9. The quantitative estimate of drug-likeness (QED) is 0.811. The number of carbonyl (C=O) groups is 1. The van der Waals surface area contributed by atoms with E-state index >= 15 is 0 Å². The molecule has 98 valence electrons. The average Bonchev–Trinajstić information content (AvgIpc) is 2.29. The van der Waals surface area contributed by atoms with Gasteiger partial charge in [0.05, 0.1) is 18.7 Å². The predicted molar refractivity (Wildman–Crippen MR) is 71.4 cm³/mol. The third-order valence-corrected chi connectivity index (χ3v) is 3.51. The van der Waals surface area contributed by atoms with Gasteiger partial charge < -0.3 is 15.4 Å². The van der Waals surface area contributed by atoms with Crippen LogP contribution in [0.25, 0.3) is 0 Å². The molecule has 1 fully saturated rings. The summed E-state index contributed by atoms with van der Waals surface area (Å²) in [6, 6.07) is 7.78. The van der Waals surface area contributed by atoms with E-state index in [0.717, 1.165) is 12.8 Å². The third kappa shape index (κ3) is 2.94. The van der Waals surface area contributed by atoms with Gasteiger partial charge in [0.15, 0.2) is 0 Å². The molecule has 1 saturated carbocycles. The Kier molecular flexibility index (Phi) is 4.07. The van der Waals surface area contributed by atoms with Gasteiger partial charge in [0.2, 0.25) is 5.91 Å². The molecule has 0 heterocycles. The first-order valence-corrected chi connectivity index (χ1v) is 6.41. The summed E-state index contributed by atoms with van der Waals surface area (Å²) in [7, 11) is 1.88. The Hall–Kier alpha value is -1.71. The summed E-state index contributed by atoms with van der Waals surface area (Å²) in [5.74, 6) is 0.797. The molecule has 1 amide bonds. The lowest BCUT2D eigenvalue weighted by molar-refractivity contribution is -0.133. The molecule has 18 heavy (non-hydrogen) atoms. The second kappa shape index (κ2) is 5.76. The van der Waals surface area contributed by atoms with Gasteiger partial charge in [-0.05, 0) is 31.4 Å². The first-order chi connectivity index (χ1) is 8.68. The van der Waals surface area contributed by atoms with Crippen LogP contribution in [-0.4, -0.2) is 30.5 Å². The normalized spacial score (nSPS) is 14.9. The topological polar surface area (TPSA) is 55.6 Å². The predicted octanol–water partition coefficient (Wildman–Crippen LogP) is 2.05. The maximum Gasteiger partial charge on any atom is 0.225 e. The summed E-state index contributed by atoms with van der Waals surface area (Å²) in [6.07, 6.45) is 3.91. The zero-order valence-corrected chi connectivity index (χ0v) is 10.8. The summed E-state index contributed by atoms with van der Waals surface area (Å²) >= 11 is 0. The van der Waals surface area contributed by atoms with Gasteiger partial charge in [-0.25, -0.2) is 0 Å². The largest absolute Gasteiger partial charge is 0.491 e. The van der Waals surface area contributed by atoms with Gasteiger partial charge in [0, 0.05) is 13.1 Å². The minimum absolute atomic E-state index is 0.147. The molecule has 0 aromatic heterocycles. The number of ether oxygens (including phenoxy) is 1. The smallest absolute Gasteiger partial charge is 0.225 e. The molecule has 4 nitrogen and oxygen atoms in total. The van der Waals surface area contributed by atoms with Gasteiger partial charge >= 0.3 is 0 Å². The second-order valence-corrected chi connectivity index (χ2v) is 4.73. The lowest BCUT2D eigenvalue weighted by Gasteiger charge is -2.34. The number of nitrogens with two attached hydrogens (primary N) is 1. The number of hydrogen-bond donors (Lipinski definition) is 1. The molecule has 1 aliphatic carbocycles. The van der Waals surface area contributed by atoms with Crippen LogP contribution in [0.3, 0.4) is 0 Å². The minimum atomic E-state index is 0.147. The molecule has 0 unspecified atom stereocenters. The molecule has 1 aromatic carbocycles. The Balaban J connectivity index is 1.75. The van der Waals surface area contributed by atoms with Crippen molar-refractivity contribution in [2.75, 3.05) is 19.4 Å². The Labute approximate surface area is 108 Å². The Bertz CT molecular complexity index is 416. The van der Waals surface area contributed by atoms with Crippen molar-refractivity contribution in [3.63, 3.8) is 0 Å². The number of para-hydroxylation sites is 2. The number of carbonyl (C=O) groups excluding carboxylic acids is 1. The molecule has 0 radical (unpaired) electrons. The summed E-state index contributed by atoms with van der Waals surface area (Å²) in [6.45, 7) is 0.379. The maximum atomic E-state index is 11.9.